The molecule has 12 nitrogen and oxygen atoms in total. The van der Waals surface area contributed by atoms with Crippen LogP contribution in [0.2, 0.25) is 0 Å². The highest BCUT2D eigenvalue weighted by molar-refractivity contribution is 7.80. The molecule has 2 aromatic rings. The highest BCUT2D eigenvalue weighted by Gasteiger charge is 2.49. The number of ether oxygens (including phenoxy) is 4. The van der Waals surface area contributed by atoms with Gasteiger partial charge in [-0.05, 0) is 68.9 Å². The highest BCUT2D eigenvalue weighted by atomic mass is 32.1. The molecular weight excluding hydrogens is 679 g/mol. The Kier molecular flexibility index (Phi) is 13.5. The lowest BCUT2D eigenvalue weighted by atomic mass is 10.0. The molecule has 2 aliphatic rings. The third-order valence-corrected chi connectivity index (χ3v) is 8.52. The summed E-state index contributed by atoms with van der Waals surface area (Å²) in [5.74, 6) is -0.221. The third-order valence-electron chi connectivity index (χ3n) is 8.11. The number of carbonyl (C=O) groups excluding carboxylic acids is 3. The van der Waals surface area contributed by atoms with Crippen LogP contribution in [0.4, 0.5) is 18.9 Å². The minimum Gasteiger partial charge on any atom is -0.491 e. The number of benzene rings is 2. The van der Waals surface area contributed by atoms with Crippen LogP contribution in [0.5, 0.6) is 5.75 Å². The molecule has 0 atom stereocenters. The number of nitriles is 1. The molecule has 2 aromatic carbocycles. The molecule has 50 heavy (non-hydrogen) atoms. The second kappa shape index (κ2) is 17.6. The van der Waals surface area contributed by atoms with Gasteiger partial charge in [-0.2, -0.15) is 18.4 Å². The molecule has 270 valence electrons. The third kappa shape index (κ3) is 9.90. The van der Waals surface area contributed by atoms with Gasteiger partial charge in [0.1, 0.15) is 17.9 Å². The number of halogens is 3. The maximum atomic E-state index is 13.5. The molecule has 1 N–H and O–H groups in total. The molecule has 0 unspecified atom stereocenters. The summed E-state index contributed by atoms with van der Waals surface area (Å²) in [4.78, 5) is 42.6. The van der Waals surface area contributed by atoms with Gasteiger partial charge in [-0.25, -0.2) is 0 Å². The van der Waals surface area contributed by atoms with Crippen molar-refractivity contribution in [1.29, 1.82) is 5.26 Å². The van der Waals surface area contributed by atoms with Gasteiger partial charge in [0, 0.05) is 38.2 Å². The number of anilines is 1. The van der Waals surface area contributed by atoms with Crippen molar-refractivity contribution >= 4 is 40.7 Å². The van der Waals surface area contributed by atoms with E-state index in [-0.39, 0.29) is 48.7 Å². The number of carbonyl (C=O) groups is 3. The van der Waals surface area contributed by atoms with Gasteiger partial charge in [-0.1, -0.05) is 6.07 Å². The fraction of sp³-hybridized carbons (Fsp3) is 0.500. The largest absolute Gasteiger partial charge is 0.491 e. The van der Waals surface area contributed by atoms with Crippen molar-refractivity contribution in [2.24, 2.45) is 0 Å². The number of hydrogen-bond donors (Lipinski definition) is 1. The topological polar surface area (TPSA) is 134 Å². The Morgan fingerprint density at radius 2 is 1.74 bits per heavy atom. The number of thiocarbonyl (C=S) groups is 1. The molecule has 0 aromatic heterocycles. The van der Waals surface area contributed by atoms with E-state index in [0.29, 0.717) is 70.5 Å². The maximum absolute atomic E-state index is 13.5. The Bertz CT molecular complexity index is 1580. The first-order valence-electron chi connectivity index (χ1n) is 16.1. The van der Waals surface area contributed by atoms with E-state index in [1.807, 2.05) is 0 Å². The maximum Gasteiger partial charge on any atom is 0.417 e. The molecule has 2 heterocycles. The number of rotatable bonds is 16. The van der Waals surface area contributed by atoms with Crippen LogP contribution in [0.3, 0.4) is 0 Å². The fourth-order valence-corrected chi connectivity index (χ4v) is 5.91. The van der Waals surface area contributed by atoms with Gasteiger partial charge < -0.3 is 34.1 Å². The SMILES string of the molecule is CC1(C)C(=O)N(c2ccc(C#N)c(C(F)(F)F)c2)C(=S)N1CCCC(=O)NCCOCCOCCOc1cccc(C(=O)N2CCOCC2)c1. The first-order valence-corrected chi connectivity index (χ1v) is 16.5. The first-order chi connectivity index (χ1) is 23.8. The predicted molar refractivity (Wildman–Crippen MR) is 180 cm³/mol. The number of morpholine rings is 1. The molecule has 2 saturated heterocycles. The van der Waals surface area contributed by atoms with Gasteiger partial charge >= 0.3 is 6.18 Å². The number of nitrogens with one attached hydrogen (secondary N) is 1. The monoisotopic (exact) mass is 719 g/mol. The average Bonchev–Trinajstić information content (AvgIpc) is 3.27. The van der Waals surface area contributed by atoms with Crippen LogP contribution in [0.1, 0.15) is 48.2 Å². The second-order valence-electron chi connectivity index (χ2n) is 11.9. The van der Waals surface area contributed by atoms with Crippen LogP contribution in [-0.2, 0) is 30.0 Å². The second-order valence-corrected chi connectivity index (χ2v) is 12.3. The first kappa shape index (κ1) is 38.5. The molecule has 0 aliphatic carbocycles. The van der Waals surface area contributed by atoms with Crippen molar-refractivity contribution in [2.45, 2.75) is 38.4 Å². The Morgan fingerprint density at radius 1 is 1.04 bits per heavy atom. The zero-order valence-corrected chi connectivity index (χ0v) is 28.7. The average molecular weight is 720 g/mol. The number of nitrogens with zero attached hydrogens (tertiary/aromatic N) is 4. The van der Waals surface area contributed by atoms with Crippen molar-refractivity contribution in [3.8, 4) is 11.8 Å². The van der Waals surface area contributed by atoms with E-state index >= 15 is 0 Å². The normalized spacial score (nSPS) is 16.0. The Morgan fingerprint density at radius 3 is 2.44 bits per heavy atom. The molecule has 2 fully saturated rings. The fourth-order valence-electron chi connectivity index (χ4n) is 5.40. The van der Waals surface area contributed by atoms with Gasteiger partial charge in [-0.3, -0.25) is 19.3 Å². The number of hydrogen-bond acceptors (Lipinski definition) is 9. The van der Waals surface area contributed by atoms with E-state index in [4.69, 9.17) is 36.4 Å². The Balaban J connectivity index is 1.08. The summed E-state index contributed by atoms with van der Waals surface area (Å²) in [6.07, 6.45) is -4.32. The van der Waals surface area contributed by atoms with Crippen molar-refractivity contribution in [3.05, 3.63) is 59.2 Å². The van der Waals surface area contributed by atoms with Crippen LogP contribution >= 0.6 is 12.2 Å². The van der Waals surface area contributed by atoms with Gasteiger partial charge in [0.25, 0.3) is 11.8 Å². The summed E-state index contributed by atoms with van der Waals surface area (Å²) in [5, 5.41) is 11.9. The predicted octanol–water partition coefficient (Wildman–Crippen LogP) is 3.77. The van der Waals surface area contributed by atoms with Crippen molar-refractivity contribution < 1.29 is 46.5 Å². The molecule has 0 radical (unpaired) electrons. The van der Waals surface area contributed by atoms with Crippen molar-refractivity contribution in [1.82, 2.24) is 15.1 Å². The van der Waals surface area contributed by atoms with Crippen LogP contribution in [0.15, 0.2) is 42.5 Å². The van der Waals surface area contributed by atoms with E-state index in [0.717, 1.165) is 17.0 Å². The molecule has 2 aliphatic heterocycles. The Hall–Kier alpha value is -4.30. The van der Waals surface area contributed by atoms with Crippen LogP contribution < -0.4 is 15.0 Å². The molecule has 0 bridgehead atoms. The standard InChI is InChI=1S/C34H40F3N5O7S/c1-33(2)31(45)42(26-9-8-25(23-38)28(22-26)34(35,36)37)32(50)41(33)11-4-7-29(43)39-10-14-46-17-18-48-19-20-49-27-6-3-5-24(21-27)30(44)40-12-15-47-16-13-40/h3,5-6,8-9,21-22H,4,7,10-20H2,1-2H3,(H,39,43). The smallest absolute Gasteiger partial charge is 0.417 e. The van der Waals surface area contributed by atoms with E-state index in [1.165, 1.54) is 12.1 Å². The van der Waals surface area contributed by atoms with Crippen molar-refractivity contribution in [3.63, 3.8) is 0 Å². The molecule has 0 saturated carbocycles. The van der Waals surface area contributed by atoms with E-state index in [9.17, 15) is 27.6 Å². The number of alkyl halides is 3. The minimum atomic E-state index is -4.79. The van der Waals surface area contributed by atoms with Gasteiger partial charge in [0.2, 0.25) is 5.91 Å². The van der Waals surface area contributed by atoms with E-state index in [1.54, 1.807) is 47.9 Å². The lowest BCUT2D eigenvalue weighted by Gasteiger charge is -2.29. The van der Waals surface area contributed by atoms with Gasteiger partial charge in [-0.15, -0.1) is 0 Å². The van der Waals surface area contributed by atoms with Crippen LogP contribution in [-0.4, -0.2) is 111 Å². The minimum absolute atomic E-state index is 0.0191. The summed E-state index contributed by atoms with van der Waals surface area (Å²) in [6.45, 7) is 7.45. The molecule has 4 rings (SSSR count). The van der Waals surface area contributed by atoms with E-state index in [2.05, 4.69) is 5.32 Å². The van der Waals surface area contributed by atoms with Gasteiger partial charge in [0.05, 0.1) is 62.5 Å². The zero-order valence-electron chi connectivity index (χ0n) is 27.9. The molecule has 3 amide bonds. The number of amides is 3. The molecular formula is C34H40F3N5O7S. The van der Waals surface area contributed by atoms with Crippen molar-refractivity contribution in [2.75, 3.05) is 77.3 Å². The zero-order chi connectivity index (χ0) is 36.3. The van der Waals surface area contributed by atoms with Gasteiger partial charge in [0.15, 0.2) is 5.11 Å². The van der Waals surface area contributed by atoms with E-state index < -0.39 is 28.7 Å². The summed E-state index contributed by atoms with van der Waals surface area (Å²) < 4.78 is 62.6. The molecule has 16 heteroatoms. The highest BCUT2D eigenvalue weighted by Crippen LogP contribution is 2.38. The summed E-state index contributed by atoms with van der Waals surface area (Å²) in [5.41, 5.74) is -2.39. The lowest BCUT2D eigenvalue weighted by molar-refractivity contribution is -0.137. The molecule has 0 spiro atoms. The van der Waals surface area contributed by atoms with Crippen LogP contribution in [0, 0.1) is 11.3 Å². The van der Waals surface area contributed by atoms with Crippen LogP contribution in [0.25, 0.3) is 0 Å². The Labute approximate surface area is 294 Å². The quantitative estimate of drug-likeness (QED) is 0.202. The summed E-state index contributed by atoms with van der Waals surface area (Å²) in [6, 6.07) is 11.6. The lowest BCUT2D eigenvalue weighted by Crippen LogP contribution is -2.44. The summed E-state index contributed by atoms with van der Waals surface area (Å²) in [7, 11) is 0. The summed E-state index contributed by atoms with van der Waals surface area (Å²) >= 11 is 5.48.